The molecule has 1 aliphatic carbocycles. The second-order valence-corrected chi connectivity index (χ2v) is 11.5. The molecule has 2 aliphatic heterocycles. The number of hydrogen-bond donors (Lipinski definition) is 1. The highest BCUT2D eigenvalue weighted by Gasteiger charge is 2.42. The molecule has 0 spiro atoms. The highest BCUT2D eigenvalue weighted by Crippen LogP contribution is 2.37. The molecule has 38 heavy (non-hydrogen) atoms. The molecule has 1 N–H and O–H groups in total. The van der Waals surface area contributed by atoms with Crippen molar-refractivity contribution in [3.05, 3.63) is 65.0 Å². The van der Waals surface area contributed by atoms with Crippen LogP contribution in [0.5, 0.6) is 0 Å². The number of likely N-dealkylation sites (tertiary alicyclic amines) is 2. The highest BCUT2D eigenvalue weighted by atomic mass is 19.3. The average molecular weight is 525 g/mol. The molecular weight excluding hydrogens is 486 g/mol. The van der Waals surface area contributed by atoms with Crippen LogP contribution in [0.1, 0.15) is 65.3 Å². The van der Waals surface area contributed by atoms with E-state index in [9.17, 15) is 18.4 Å². The lowest BCUT2D eigenvalue weighted by molar-refractivity contribution is -0.130. The van der Waals surface area contributed by atoms with Gasteiger partial charge in [-0.05, 0) is 68.2 Å². The molecule has 2 aromatic rings. The van der Waals surface area contributed by atoms with Crippen molar-refractivity contribution in [3.8, 4) is 0 Å². The zero-order chi connectivity index (χ0) is 26.9. The standard InChI is InChI=1S/C30H38F2N4O2/c1-20-6-5-7-21(2)27(20)29(38)36-18-23-16-35(17-24(23)19-36)15-11-26(25-8-3-4-14-33-25)34-28(37)22-9-12-30(31,32)13-10-22/h3-8,14,22-24,26H,9-13,15-19H2,1-2H3,(H,34,37)/t23?,24?,26-/m0/s1. The molecule has 5 rings (SSSR count). The Morgan fingerprint density at radius 2 is 1.66 bits per heavy atom. The van der Waals surface area contributed by atoms with Crippen LogP contribution >= 0.6 is 0 Å². The van der Waals surface area contributed by atoms with E-state index in [0.29, 0.717) is 18.3 Å². The first-order valence-corrected chi connectivity index (χ1v) is 13.9. The number of benzene rings is 1. The van der Waals surface area contributed by atoms with Gasteiger partial charge in [-0.3, -0.25) is 14.6 Å². The second kappa shape index (κ2) is 11.1. The molecule has 204 valence electrons. The summed E-state index contributed by atoms with van der Waals surface area (Å²) in [6.07, 6.45) is 2.42. The molecule has 2 unspecified atom stereocenters. The molecule has 2 saturated heterocycles. The van der Waals surface area contributed by atoms with E-state index in [4.69, 9.17) is 0 Å². The van der Waals surface area contributed by atoms with Crippen LogP contribution in [0.2, 0.25) is 0 Å². The Morgan fingerprint density at radius 1 is 1.00 bits per heavy atom. The van der Waals surface area contributed by atoms with Crippen molar-refractivity contribution in [2.24, 2.45) is 17.8 Å². The first-order valence-electron chi connectivity index (χ1n) is 13.9. The number of carbonyl (C=O) groups excluding carboxylic acids is 2. The van der Waals surface area contributed by atoms with Gasteiger partial charge in [0.25, 0.3) is 5.91 Å². The SMILES string of the molecule is Cc1cccc(C)c1C(=O)N1CC2CN(CC[C@H](NC(=O)C3CCC(F)(F)CC3)c3ccccn3)CC2C1. The molecule has 3 atom stereocenters. The summed E-state index contributed by atoms with van der Waals surface area (Å²) < 4.78 is 27.2. The fraction of sp³-hybridized carbons (Fsp3) is 0.567. The van der Waals surface area contributed by atoms with Crippen LogP contribution in [0.25, 0.3) is 0 Å². The first kappa shape index (κ1) is 26.7. The van der Waals surface area contributed by atoms with Gasteiger partial charge in [0.2, 0.25) is 11.8 Å². The fourth-order valence-electron chi connectivity index (χ4n) is 6.53. The van der Waals surface area contributed by atoms with Crippen LogP contribution in [0.3, 0.4) is 0 Å². The van der Waals surface area contributed by atoms with E-state index in [1.165, 1.54) is 0 Å². The normalized spacial score (nSPS) is 24.3. The summed E-state index contributed by atoms with van der Waals surface area (Å²) in [5.74, 6) is -2.11. The molecule has 0 radical (unpaired) electrons. The highest BCUT2D eigenvalue weighted by molar-refractivity contribution is 5.97. The zero-order valence-electron chi connectivity index (χ0n) is 22.3. The fourth-order valence-corrected chi connectivity index (χ4v) is 6.53. The number of nitrogens with zero attached hydrogens (tertiary/aromatic N) is 3. The minimum Gasteiger partial charge on any atom is -0.347 e. The Bertz CT molecular complexity index is 1110. The smallest absolute Gasteiger partial charge is 0.254 e. The summed E-state index contributed by atoms with van der Waals surface area (Å²) in [5.41, 5.74) is 3.68. The van der Waals surface area contributed by atoms with Gasteiger partial charge in [0.15, 0.2) is 0 Å². The number of fused-ring (bicyclic) bond motifs is 1. The van der Waals surface area contributed by atoms with E-state index < -0.39 is 5.92 Å². The molecule has 3 fully saturated rings. The maximum Gasteiger partial charge on any atom is 0.254 e. The number of pyridine rings is 1. The molecule has 8 heteroatoms. The summed E-state index contributed by atoms with van der Waals surface area (Å²) >= 11 is 0. The first-order chi connectivity index (χ1) is 18.2. The predicted molar refractivity (Wildman–Crippen MR) is 142 cm³/mol. The number of rotatable bonds is 7. The average Bonchev–Trinajstić information content (AvgIpc) is 3.46. The lowest BCUT2D eigenvalue weighted by Gasteiger charge is -2.29. The van der Waals surface area contributed by atoms with Gasteiger partial charge >= 0.3 is 0 Å². The third-order valence-electron chi connectivity index (χ3n) is 8.73. The van der Waals surface area contributed by atoms with Gasteiger partial charge in [-0.1, -0.05) is 24.3 Å². The third-order valence-corrected chi connectivity index (χ3v) is 8.73. The lowest BCUT2D eigenvalue weighted by atomic mass is 9.86. The Hall–Kier alpha value is -2.87. The van der Waals surface area contributed by atoms with Gasteiger partial charge in [0.05, 0.1) is 11.7 Å². The van der Waals surface area contributed by atoms with Crippen LogP contribution < -0.4 is 5.32 Å². The summed E-state index contributed by atoms with van der Waals surface area (Å²) in [6, 6.07) is 11.4. The minimum atomic E-state index is -2.65. The van der Waals surface area contributed by atoms with Gasteiger partial charge in [-0.25, -0.2) is 8.78 Å². The van der Waals surface area contributed by atoms with Crippen molar-refractivity contribution in [2.45, 2.75) is 57.9 Å². The summed E-state index contributed by atoms with van der Waals surface area (Å²) in [4.78, 5) is 35.2. The Kier molecular flexibility index (Phi) is 7.80. The second-order valence-electron chi connectivity index (χ2n) is 11.5. The number of halogens is 2. The number of amides is 2. The minimum absolute atomic E-state index is 0.139. The van der Waals surface area contributed by atoms with Crippen molar-refractivity contribution < 1.29 is 18.4 Å². The van der Waals surface area contributed by atoms with Gasteiger partial charge in [-0.2, -0.15) is 0 Å². The monoisotopic (exact) mass is 524 g/mol. The van der Waals surface area contributed by atoms with Crippen molar-refractivity contribution in [1.82, 2.24) is 20.1 Å². The number of hydrogen-bond acceptors (Lipinski definition) is 4. The van der Waals surface area contributed by atoms with Crippen molar-refractivity contribution in [2.75, 3.05) is 32.7 Å². The lowest BCUT2D eigenvalue weighted by Crippen LogP contribution is -2.39. The molecule has 1 aromatic carbocycles. The Balaban J connectivity index is 1.16. The van der Waals surface area contributed by atoms with E-state index in [-0.39, 0.29) is 49.5 Å². The molecule has 1 saturated carbocycles. The molecular formula is C30H38F2N4O2. The zero-order valence-corrected chi connectivity index (χ0v) is 22.3. The number of carbonyl (C=O) groups is 2. The largest absolute Gasteiger partial charge is 0.347 e. The predicted octanol–water partition coefficient (Wildman–Crippen LogP) is 4.78. The van der Waals surface area contributed by atoms with Crippen LogP contribution in [0.15, 0.2) is 42.6 Å². The molecule has 6 nitrogen and oxygen atoms in total. The van der Waals surface area contributed by atoms with Crippen LogP contribution in [-0.2, 0) is 4.79 Å². The van der Waals surface area contributed by atoms with Crippen molar-refractivity contribution in [3.63, 3.8) is 0 Å². The van der Waals surface area contributed by atoms with Gasteiger partial charge < -0.3 is 15.1 Å². The van der Waals surface area contributed by atoms with E-state index in [1.807, 2.05) is 55.1 Å². The Labute approximate surface area is 223 Å². The van der Waals surface area contributed by atoms with E-state index in [2.05, 4.69) is 15.2 Å². The van der Waals surface area contributed by atoms with E-state index in [0.717, 1.165) is 55.1 Å². The number of alkyl halides is 2. The number of aryl methyl sites for hydroxylation is 2. The Morgan fingerprint density at radius 3 is 2.26 bits per heavy atom. The van der Waals surface area contributed by atoms with Crippen LogP contribution in [0, 0.1) is 31.6 Å². The molecule has 1 aromatic heterocycles. The van der Waals surface area contributed by atoms with Gasteiger partial charge in [0, 0.05) is 63.2 Å². The molecule has 3 heterocycles. The molecule has 0 bridgehead atoms. The summed E-state index contributed by atoms with van der Waals surface area (Å²) in [5, 5.41) is 3.13. The quantitative estimate of drug-likeness (QED) is 0.567. The maximum absolute atomic E-state index is 13.6. The summed E-state index contributed by atoms with van der Waals surface area (Å²) in [7, 11) is 0. The van der Waals surface area contributed by atoms with Gasteiger partial charge in [-0.15, -0.1) is 0 Å². The summed E-state index contributed by atoms with van der Waals surface area (Å²) in [6.45, 7) is 8.23. The van der Waals surface area contributed by atoms with Crippen molar-refractivity contribution >= 4 is 11.8 Å². The van der Waals surface area contributed by atoms with Crippen molar-refractivity contribution in [1.29, 1.82) is 0 Å². The molecule has 3 aliphatic rings. The van der Waals surface area contributed by atoms with E-state index in [1.54, 1.807) is 6.20 Å². The number of aromatic nitrogens is 1. The van der Waals surface area contributed by atoms with Crippen LogP contribution in [0.4, 0.5) is 8.78 Å². The third kappa shape index (κ3) is 5.90. The molecule has 2 amide bonds. The van der Waals surface area contributed by atoms with Crippen LogP contribution in [-0.4, -0.2) is 65.2 Å². The topological polar surface area (TPSA) is 65.5 Å². The van der Waals surface area contributed by atoms with Gasteiger partial charge in [0.1, 0.15) is 0 Å². The number of nitrogens with one attached hydrogen (secondary N) is 1. The maximum atomic E-state index is 13.6. The van der Waals surface area contributed by atoms with E-state index >= 15 is 0 Å².